The van der Waals surface area contributed by atoms with E-state index in [1.807, 2.05) is 17.5 Å². The van der Waals surface area contributed by atoms with E-state index in [0.717, 1.165) is 9.35 Å². The summed E-state index contributed by atoms with van der Waals surface area (Å²) in [6.45, 7) is -0.0617. The lowest BCUT2D eigenvalue weighted by molar-refractivity contribution is 0.0423. The third kappa shape index (κ3) is 2.81. The molecule has 0 unspecified atom stereocenters. The van der Waals surface area contributed by atoms with Crippen molar-refractivity contribution in [2.45, 2.75) is 6.61 Å². The van der Waals surface area contributed by atoms with E-state index in [1.165, 1.54) is 11.3 Å². The molecule has 1 N–H and O–H groups in total. The van der Waals surface area contributed by atoms with E-state index in [9.17, 15) is 4.79 Å². The zero-order valence-electron chi connectivity index (χ0n) is 10.00. The molecule has 6 nitrogen and oxygen atoms in total. The molecule has 3 heterocycles. The normalized spacial score (nSPS) is 10.7. The highest BCUT2D eigenvalue weighted by atomic mass is 79.9. The Balaban J connectivity index is 1.63. The minimum atomic E-state index is -0.480. The molecule has 0 amide bonds. The second-order valence-corrected chi connectivity index (χ2v) is 5.66. The standard InChI is InChI=1S/C12H8BrN3O3S/c13-7-4-8(14-5-7)12(17)18-6-10-15-11(16-19-10)9-2-1-3-20-9/h1-5,14H,6H2. The van der Waals surface area contributed by atoms with Crippen LogP contribution in [0.15, 0.2) is 38.8 Å². The summed E-state index contributed by atoms with van der Waals surface area (Å²) in [5.74, 6) is 0.271. The molecule has 0 aliphatic heterocycles. The molecule has 0 radical (unpaired) electrons. The molecule has 20 heavy (non-hydrogen) atoms. The fourth-order valence-corrected chi connectivity index (χ4v) is 2.50. The first-order valence-corrected chi connectivity index (χ1v) is 7.27. The number of carbonyl (C=O) groups is 1. The number of rotatable bonds is 4. The highest BCUT2D eigenvalue weighted by molar-refractivity contribution is 9.10. The van der Waals surface area contributed by atoms with Gasteiger partial charge in [-0.05, 0) is 33.4 Å². The molecule has 0 atom stereocenters. The van der Waals surface area contributed by atoms with Crippen LogP contribution in [-0.4, -0.2) is 21.1 Å². The zero-order chi connectivity index (χ0) is 13.9. The Bertz CT molecular complexity index is 720. The Hall–Kier alpha value is -1.93. The van der Waals surface area contributed by atoms with Gasteiger partial charge in [0.25, 0.3) is 5.89 Å². The molecule has 3 aromatic heterocycles. The molecule has 0 saturated carbocycles. The molecule has 0 aromatic carbocycles. The van der Waals surface area contributed by atoms with E-state index in [-0.39, 0.29) is 12.5 Å². The first-order chi connectivity index (χ1) is 9.72. The second-order valence-electron chi connectivity index (χ2n) is 3.80. The van der Waals surface area contributed by atoms with Crippen molar-refractivity contribution >= 4 is 33.2 Å². The van der Waals surface area contributed by atoms with Crippen molar-refractivity contribution in [3.63, 3.8) is 0 Å². The van der Waals surface area contributed by atoms with Crippen LogP contribution in [0.1, 0.15) is 16.4 Å². The van der Waals surface area contributed by atoms with Gasteiger partial charge in [0.05, 0.1) is 4.88 Å². The van der Waals surface area contributed by atoms with Gasteiger partial charge >= 0.3 is 5.97 Å². The van der Waals surface area contributed by atoms with Gasteiger partial charge in [-0.1, -0.05) is 11.2 Å². The van der Waals surface area contributed by atoms with Crippen molar-refractivity contribution < 1.29 is 14.1 Å². The van der Waals surface area contributed by atoms with Gasteiger partial charge in [-0.15, -0.1) is 11.3 Å². The largest absolute Gasteiger partial charge is 0.451 e. The van der Waals surface area contributed by atoms with Crippen LogP contribution in [0.25, 0.3) is 10.7 Å². The number of H-pyrrole nitrogens is 1. The summed E-state index contributed by atoms with van der Waals surface area (Å²) in [7, 11) is 0. The number of hydrogen-bond acceptors (Lipinski definition) is 6. The Morgan fingerprint density at radius 2 is 2.45 bits per heavy atom. The maximum absolute atomic E-state index is 11.7. The SMILES string of the molecule is O=C(OCc1nc(-c2cccs2)no1)c1cc(Br)c[nH]1. The topological polar surface area (TPSA) is 81.0 Å². The minimum Gasteiger partial charge on any atom is -0.451 e. The number of hydrogen-bond donors (Lipinski definition) is 1. The number of aromatic amines is 1. The first kappa shape index (κ1) is 13.1. The number of ether oxygens (including phenoxy) is 1. The maximum Gasteiger partial charge on any atom is 0.355 e. The summed E-state index contributed by atoms with van der Waals surface area (Å²) in [5, 5.41) is 5.76. The van der Waals surface area contributed by atoms with Gasteiger partial charge in [-0.3, -0.25) is 0 Å². The van der Waals surface area contributed by atoms with Gasteiger partial charge in [-0.25, -0.2) is 4.79 Å². The minimum absolute atomic E-state index is 0.0617. The lowest BCUT2D eigenvalue weighted by atomic mass is 10.4. The highest BCUT2D eigenvalue weighted by Gasteiger charge is 2.13. The van der Waals surface area contributed by atoms with Crippen molar-refractivity contribution in [3.8, 4) is 10.7 Å². The van der Waals surface area contributed by atoms with Crippen LogP contribution < -0.4 is 0 Å². The van der Waals surface area contributed by atoms with Crippen LogP contribution >= 0.6 is 27.3 Å². The van der Waals surface area contributed by atoms with Crippen LogP contribution in [0, 0.1) is 0 Å². The molecule has 0 aliphatic carbocycles. The molecule has 8 heteroatoms. The van der Waals surface area contributed by atoms with Gasteiger partial charge in [0.15, 0.2) is 6.61 Å². The smallest absolute Gasteiger partial charge is 0.355 e. The van der Waals surface area contributed by atoms with Crippen molar-refractivity contribution in [1.82, 2.24) is 15.1 Å². The molecular formula is C12H8BrN3O3S. The number of carbonyl (C=O) groups excluding carboxylic acids is 1. The molecular weight excluding hydrogens is 346 g/mol. The van der Waals surface area contributed by atoms with Gasteiger partial charge in [0.1, 0.15) is 5.69 Å². The van der Waals surface area contributed by atoms with Crippen molar-refractivity contribution in [3.05, 3.63) is 45.8 Å². The summed E-state index contributed by atoms with van der Waals surface area (Å²) >= 11 is 4.75. The molecule has 102 valence electrons. The fourth-order valence-electron chi connectivity index (χ4n) is 1.51. The van der Waals surface area contributed by atoms with Crippen molar-refractivity contribution in [2.24, 2.45) is 0 Å². The van der Waals surface area contributed by atoms with E-state index in [1.54, 1.807) is 12.3 Å². The summed E-state index contributed by atoms with van der Waals surface area (Å²) in [5.41, 5.74) is 0.356. The quantitative estimate of drug-likeness (QED) is 0.728. The number of nitrogens with one attached hydrogen (secondary N) is 1. The van der Waals surface area contributed by atoms with Crippen LogP contribution in [-0.2, 0) is 11.3 Å². The van der Waals surface area contributed by atoms with E-state index >= 15 is 0 Å². The Morgan fingerprint density at radius 3 is 3.15 bits per heavy atom. The van der Waals surface area contributed by atoms with Gasteiger partial charge in [0, 0.05) is 10.7 Å². The summed E-state index contributed by atoms with van der Waals surface area (Å²) in [4.78, 5) is 19.5. The van der Waals surface area contributed by atoms with Gasteiger partial charge in [-0.2, -0.15) is 4.98 Å². The van der Waals surface area contributed by atoms with E-state index in [4.69, 9.17) is 9.26 Å². The molecule has 0 bridgehead atoms. The van der Waals surface area contributed by atoms with E-state index in [2.05, 4.69) is 31.1 Å². The molecule has 0 fully saturated rings. The molecule has 3 rings (SSSR count). The zero-order valence-corrected chi connectivity index (χ0v) is 12.4. The molecule has 0 saturated heterocycles. The summed E-state index contributed by atoms with van der Waals surface area (Å²) in [6, 6.07) is 5.42. The predicted octanol–water partition coefficient (Wildman–Crippen LogP) is 3.25. The maximum atomic E-state index is 11.7. The van der Waals surface area contributed by atoms with Gasteiger partial charge in [0.2, 0.25) is 5.82 Å². The van der Waals surface area contributed by atoms with Crippen molar-refractivity contribution in [2.75, 3.05) is 0 Å². The number of thiophene rings is 1. The second kappa shape index (κ2) is 5.59. The number of nitrogens with zero attached hydrogens (tertiary/aromatic N) is 2. The fraction of sp³-hybridized carbons (Fsp3) is 0.0833. The lowest BCUT2D eigenvalue weighted by Crippen LogP contribution is -2.05. The van der Waals surface area contributed by atoms with Crippen LogP contribution in [0.2, 0.25) is 0 Å². The Kier molecular flexibility index (Phi) is 3.66. The predicted molar refractivity (Wildman–Crippen MR) is 75.2 cm³/mol. The summed E-state index contributed by atoms with van der Waals surface area (Å²) in [6.07, 6.45) is 1.65. The summed E-state index contributed by atoms with van der Waals surface area (Å²) < 4.78 is 10.9. The van der Waals surface area contributed by atoms with E-state index < -0.39 is 5.97 Å². The average molecular weight is 354 g/mol. The number of esters is 1. The highest BCUT2D eigenvalue weighted by Crippen LogP contribution is 2.21. The Labute approximate surface area is 125 Å². The number of halogens is 1. The third-order valence-corrected chi connectivity index (χ3v) is 3.73. The van der Waals surface area contributed by atoms with Gasteiger partial charge < -0.3 is 14.2 Å². The Morgan fingerprint density at radius 1 is 1.55 bits per heavy atom. The average Bonchev–Trinajstić information content (AvgIpc) is 3.16. The molecule has 0 aliphatic rings. The third-order valence-electron chi connectivity index (χ3n) is 2.40. The van der Waals surface area contributed by atoms with Crippen LogP contribution in [0.3, 0.4) is 0 Å². The van der Waals surface area contributed by atoms with Crippen LogP contribution in [0.5, 0.6) is 0 Å². The van der Waals surface area contributed by atoms with Crippen LogP contribution in [0.4, 0.5) is 0 Å². The van der Waals surface area contributed by atoms with E-state index in [0.29, 0.717) is 11.5 Å². The first-order valence-electron chi connectivity index (χ1n) is 5.60. The van der Waals surface area contributed by atoms with Crippen molar-refractivity contribution in [1.29, 1.82) is 0 Å². The molecule has 3 aromatic rings. The lowest BCUT2D eigenvalue weighted by Gasteiger charge is -1.98. The molecule has 0 spiro atoms. The monoisotopic (exact) mass is 353 g/mol. The number of aromatic nitrogens is 3.